The van der Waals surface area contributed by atoms with Gasteiger partial charge in [0.25, 0.3) is 0 Å². The van der Waals surface area contributed by atoms with Crippen molar-refractivity contribution >= 4 is 0 Å². The molecule has 3 heteroatoms. The van der Waals surface area contributed by atoms with Crippen molar-refractivity contribution < 1.29 is 13.5 Å². The standard InChI is InChI=1S/C25H22F2O/c1-3-15-28-22-16-24(26)23(25(27)17-22)14-9-19-7-12-21(13-8-19)20-10-5-18(4-2)6-11-20/h5-8,10-13,16-17H,3-4,15H2,1-2H3. The molecule has 0 aliphatic heterocycles. The normalized spacial score (nSPS) is 10.3. The smallest absolute Gasteiger partial charge is 0.145 e. The molecular weight excluding hydrogens is 354 g/mol. The zero-order chi connectivity index (χ0) is 19.9. The lowest BCUT2D eigenvalue weighted by molar-refractivity contribution is 0.313. The van der Waals surface area contributed by atoms with Crippen LogP contribution in [0.25, 0.3) is 11.1 Å². The molecule has 0 spiro atoms. The Morgan fingerprint density at radius 2 is 1.36 bits per heavy atom. The Kier molecular flexibility index (Phi) is 6.45. The maximum Gasteiger partial charge on any atom is 0.145 e. The lowest BCUT2D eigenvalue weighted by atomic mass is 10.0. The zero-order valence-corrected chi connectivity index (χ0v) is 16.1. The lowest BCUT2D eigenvalue weighted by Gasteiger charge is -2.06. The highest BCUT2D eigenvalue weighted by Crippen LogP contribution is 2.22. The summed E-state index contributed by atoms with van der Waals surface area (Å²) in [7, 11) is 0. The topological polar surface area (TPSA) is 9.23 Å². The summed E-state index contributed by atoms with van der Waals surface area (Å²) in [6, 6.07) is 18.4. The maximum absolute atomic E-state index is 14.2. The average molecular weight is 376 g/mol. The predicted molar refractivity (Wildman–Crippen MR) is 109 cm³/mol. The molecule has 0 saturated heterocycles. The van der Waals surface area contributed by atoms with E-state index in [1.807, 2.05) is 31.2 Å². The largest absolute Gasteiger partial charge is 0.493 e. The number of rotatable bonds is 5. The van der Waals surface area contributed by atoms with E-state index in [9.17, 15) is 8.78 Å². The highest BCUT2D eigenvalue weighted by Gasteiger charge is 2.10. The van der Waals surface area contributed by atoms with Gasteiger partial charge in [-0.1, -0.05) is 62.1 Å². The highest BCUT2D eigenvalue weighted by atomic mass is 19.1. The van der Waals surface area contributed by atoms with Crippen LogP contribution in [0.3, 0.4) is 0 Å². The molecule has 142 valence electrons. The van der Waals surface area contributed by atoms with E-state index in [4.69, 9.17) is 4.74 Å². The molecule has 0 aromatic heterocycles. The Bertz CT molecular complexity index is 970. The van der Waals surface area contributed by atoms with Crippen molar-refractivity contribution in [3.63, 3.8) is 0 Å². The first-order chi connectivity index (χ1) is 13.6. The van der Waals surface area contributed by atoms with Crippen LogP contribution in [0.5, 0.6) is 5.75 Å². The molecule has 0 atom stereocenters. The van der Waals surface area contributed by atoms with Crippen LogP contribution in [-0.4, -0.2) is 6.61 Å². The molecule has 3 aromatic carbocycles. The van der Waals surface area contributed by atoms with Crippen LogP contribution in [0.4, 0.5) is 8.78 Å². The second kappa shape index (κ2) is 9.19. The van der Waals surface area contributed by atoms with Gasteiger partial charge in [-0.2, -0.15) is 0 Å². The summed E-state index contributed by atoms with van der Waals surface area (Å²) in [5.41, 5.74) is 3.93. The molecule has 3 rings (SSSR count). The van der Waals surface area contributed by atoms with E-state index in [0.29, 0.717) is 12.2 Å². The summed E-state index contributed by atoms with van der Waals surface area (Å²) in [5, 5.41) is 0. The maximum atomic E-state index is 14.2. The van der Waals surface area contributed by atoms with Crippen LogP contribution in [-0.2, 0) is 6.42 Å². The van der Waals surface area contributed by atoms with E-state index >= 15 is 0 Å². The van der Waals surface area contributed by atoms with Gasteiger partial charge >= 0.3 is 0 Å². The molecule has 0 aliphatic rings. The number of benzene rings is 3. The summed E-state index contributed by atoms with van der Waals surface area (Å²) in [6.07, 6.45) is 1.77. The van der Waals surface area contributed by atoms with E-state index in [1.165, 1.54) is 17.7 Å². The Morgan fingerprint density at radius 1 is 0.786 bits per heavy atom. The predicted octanol–water partition coefficient (Wildman–Crippen LogP) is 6.38. The summed E-state index contributed by atoms with van der Waals surface area (Å²) in [5.74, 6) is 4.18. The third kappa shape index (κ3) is 4.78. The molecule has 0 amide bonds. The van der Waals surface area contributed by atoms with Crippen molar-refractivity contribution in [2.45, 2.75) is 26.7 Å². The average Bonchev–Trinajstić information content (AvgIpc) is 2.72. The first kappa shape index (κ1) is 19.6. The molecule has 3 aromatic rings. The van der Waals surface area contributed by atoms with Gasteiger partial charge in [-0.3, -0.25) is 0 Å². The van der Waals surface area contributed by atoms with Crippen LogP contribution in [0.2, 0.25) is 0 Å². The minimum Gasteiger partial charge on any atom is -0.493 e. The van der Waals surface area contributed by atoms with E-state index < -0.39 is 11.6 Å². The number of hydrogen-bond acceptors (Lipinski definition) is 1. The molecule has 0 bridgehead atoms. The van der Waals surface area contributed by atoms with Crippen molar-refractivity contribution in [3.8, 4) is 28.7 Å². The van der Waals surface area contributed by atoms with Gasteiger partial charge < -0.3 is 4.74 Å². The second-order valence-electron chi connectivity index (χ2n) is 6.49. The Morgan fingerprint density at radius 3 is 1.89 bits per heavy atom. The van der Waals surface area contributed by atoms with Gasteiger partial charge in [0.1, 0.15) is 17.4 Å². The van der Waals surface area contributed by atoms with Crippen molar-refractivity contribution in [2.24, 2.45) is 0 Å². The molecule has 0 fully saturated rings. The van der Waals surface area contributed by atoms with Crippen LogP contribution in [0, 0.1) is 23.5 Å². The number of halogens is 2. The van der Waals surface area contributed by atoms with E-state index in [0.717, 1.165) is 24.0 Å². The summed E-state index contributed by atoms with van der Waals surface area (Å²) < 4.78 is 33.6. The molecule has 0 aliphatic carbocycles. The molecule has 28 heavy (non-hydrogen) atoms. The fourth-order valence-electron chi connectivity index (χ4n) is 2.79. The molecule has 0 radical (unpaired) electrons. The summed E-state index contributed by atoms with van der Waals surface area (Å²) in [6.45, 7) is 4.47. The Labute approximate surface area is 165 Å². The zero-order valence-electron chi connectivity index (χ0n) is 16.1. The van der Waals surface area contributed by atoms with Gasteiger partial charge in [0, 0.05) is 17.7 Å². The van der Waals surface area contributed by atoms with Gasteiger partial charge in [-0.15, -0.1) is 0 Å². The molecular formula is C25H22F2O. The van der Waals surface area contributed by atoms with Crippen LogP contribution >= 0.6 is 0 Å². The minimum atomic E-state index is -0.716. The van der Waals surface area contributed by atoms with E-state index in [2.05, 4.69) is 43.0 Å². The highest BCUT2D eigenvalue weighted by molar-refractivity contribution is 5.64. The van der Waals surface area contributed by atoms with Gasteiger partial charge in [-0.25, -0.2) is 8.78 Å². The number of hydrogen-bond donors (Lipinski definition) is 0. The first-order valence-electron chi connectivity index (χ1n) is 9.44. The van der Waals surface area contributed by atoms with Crippen molar-refractivity contribution in [3.05, 3.63) is 89.0 Å². The van der Waals surface area contributed by atoms with Crippen LogP contribution in [0.1, 0.15) is 37.0 Å². The fraction of sp³-hybridized carbons (Fsp3) is 0.200. The summed E-state index contributed by atoms with van der Waals surface area (Å²) >= 11 is 0. The Hall–Kier alpha value is -3.12. The number of aryl methyl sites for hydroxylation is 1. The third-order valence-electron chi connectivity index (χ3n) is 4.40. The third-order valence-corrected chi connectivity index (χ3v) is 4.40. The summed E-state index contributed by atoms with van der Waals surface area (Å²) in [4.78, 5) is 0. The van der Waals surface area contributed by atoms with Crippen LogP contribution < -0.4 is 4.74 Å². The van der Waals surface area contributed by atoms with Gasteiger partial charge in [-0.05, 0) is 41.7 Å². The molecule has 0 unspecified atom stereocenters. The van der Waals surface area contributed by atoms with E-state index in [1.54, 1.807) is 0 Å². The van der Waals surface area contributed by atoms with Gasteiger partial charge in [0.15, 0.2) is 0 Å². The van der Waals surface area contributed by atoms with Gasteiger partial charge in [0.05, 0.1) is 12.2 Å². The first-order valence-corrected chi connectivity index (χ1v) is 9.44. The van der Waals surface area contributed by atoms with Crippen molar-refractivity contribution in [1.82, 2.24) is 0 Å². The minimum absolute atomic E-state index is 0.181. The monoisotopic (exact) mass is 376 g/mol. The lowest BCUT2D eigenvalue weighted by Crippen LogP contribution is -1.98. The van der Waals surface area contributed by atoms with Crippen molar-refractivity contribution in [1.29, 1.82) is 0 Å². The van der Waals surface area contributed by atoms with E-state index in [-0.39, 0.29) is 11.3 Å². The number of ether oxygens (including phenoxy) is 1. The second-order valence-corrected chi connectivity index (χ2v) is 6.49. The molecule has 0 heterocycles. The molecule has 1 nitrogen and oxygen atoms in total. The van der Waals surface area contributed by atoms with Gasteiger partial charge in [0.2, 0.25) is 0 Å². The van der Waals surface area contributed by atoms with Crippen LogP contribution in [0.15, 0.2) is 60.7 Å². The quantitative estimate of drug-likeness (QED) is 0.469. The SMILES string of the molecule is CCCOc1cc(F)c(C#Cc2ccc(-c3ccc(CC)cc3)cc2)c(F)c1. The molecule has 0 saturated carbocycles. The Balaban J connectivity index is 1.78. The fourth-order valence-corrected chi connectivity index (χ4v) is 2.79. The molecule has 0 N–H and O–H groups in total. The van der Waals surface area contributed by atoms with Crippen molar-refractivity contribution in [2.75, 3.05) is 6.61 Å².